The molecule has 8 heteroatoms. The first-order chi connectivity index (χ1) is 13.3. The number of ether oxygens (including phenoxy) is 2. The fourth-order valence-electron chi connectivity index (χ4n) is 2.81. The summed E-state index contributed by atoms with van der Waals surface area (Å²) in [5.41, 5.74) is 0.309. The van der Waals surface area contributed by atoms with Crippen LogP contribution in [0.15, 0.2) is 42.5 Å². The number of carbonyl (C=O) groups excluding carboxylic acids is 1. The van der Waals surface area contributed by atoms with E-state index in [0.29, 0.717) is 24.7 Å². The van der Waals surface area contributed by atoms with Gasteiger partial charge in [-0.15, -0.1) is 0 Å². The van der Waals surface area contributed by atoms with Crippen molar-refractivity contribution >= 4 is 11.6 Å². The second-order valence-electron chi connectivity index (χ2n) is 6.48. The molecule has 2 N–H and O–H groups in total. The molecule has 0 bridgehead atoms. The Morgan fingerprint density at radius 1 is 1.11 bits per heavy atom. The van der Waals surface area contributed by atoms with Crippen LogP contribution in [0.1, 0.15) is 30.5 Å². The predicted octanol–water partition coefficient (Wildman–Crippen LogP) is 4.16. The number of amides is 1. The van der Waals surface area contributed by atoms with E-state index in [-0.39, 0.29) is 24.2 Å². The van der Waals surface area contributed by atoms with Crippen molar-refractivity contribution in [1.29, 1.82) is 0 Å². The van der Waals surface area contributed by atoms with Crippen molar-refractivity contribution in [2.45, 2.75) is 25.6 Å². The maximum atomic E-state index is 12.7. The molecule has 0 aromatic heterocycles. The molecular formula is C20H21F3N2O3. The van der Waals surface area contributed by atoms with Gasteiger partial charge in [0.2, 0.25) is 5.91 Å². The fourth-order valence-corrected chi connectivity index (χ4v) is 2.81. The van der Waals surface area contributed by atoms with Gasteiger partial charge in [0, 0.05) is 12.1 Å². The van der Waals surface area contributed by atoms with Crippen molar-refractivity contribution in [1.82, 2.24) is 5.32 Å². The average Bonchev–Trinajstić information content (AvgIpc) is 2.90. The number of rotatable bonds is 5. The molecule has 1 aliphatic heterocycles. The molecule has 1 aliphatic rings. The SMILES string of the molecule is CC(NC(=O)CNc1cccc(C(F)(F)F)c1)c1ccc2c(c1)OCCCO2. The molecule has 1 unspecified atom stereocenters. The van der Waals surface area contributed by atoms with Crippen molar-refractivity contribution in [3.05, 3.63) is 53.6 Å². The highest BCUT2D eigenvalue weighted by molar-refractivity contribution is 5.81. The zero-order chi connectivity index (χ0) is 20.1. The van der Waals surface area contributed by atoms with Crippen molar-refractivity contribution in [3.63, 3.8) is 0 Å². The third kappa shape index (κ3) is 5.09. The number of carbonyl (C=O) groups is 1. The Hall–Kier alpha value is -2.90. The van der Waals surface area contributed by atoms with E-state index >= 15 is 0 Å². The second-order valence-corrected chi connectivity index (χ2v) is 6.48. The molecule has 0 saturated heterocycles. The molecule has 0 radical (unpaired) electrons. The molecule has 2 aromatic carbocycles. The van der Waals surface area contributed by atoms with Gasteiger partial charge in [0.15, 0.2) is 11.5 Å². The molecule has 0 aliphatic carbocycles. The van der Waals surface area contributed by atoms with Gasteiger partial charge in [0.25, 0.3) is 0 Å². The highest BCUT2D eigenvalue weighted by atomic mass is 19.4. The maximum Gasteiger partial charge on any atom is 0.416 e. The van der Waals surface area contributed by atoms with Crippen LogP contribution in [0.4, 0.5) is 18.9 Å². The first kappa shape index (κ1) is 19.9. The highest BCUT2D eigenvalue weighted by Crippen LogP contribution is 2.32. The summed E-state index contributed by atoms with van der Waals surface area (Å²) >= 11 is 0. The smallest absolute Gasteiger partial charge is 0.416 e. The van der Waals surface area contributed by atoms with Gasteiger partial charge in [0.05, 0.1) is 31.4 Å². The van der Waals surface area contributed by atoms with E-state index in [1.54, 1.807) is 6.07 Å². The molecule has 1 atom stereocenters. The number of nitrogens with one attached hydrogen (secondary N) is 2. The normalized spacial score (nSPS) is 14.7. The van der Waals surface area contributed by atoms with Crippen LogP contribution in [0.5, 0.6) is 11.5 Å². The Kier molecular flexibility index (Phi) is 5.96. The van der Waals surface area contributed by atoms with Crippen LogP contribution in [0, 0.1) is 0 Å². The topological polar surface area (TPSA) is 59.6 Å². The number of hydrogen-bond acceptors (Lipinski definition) is 4. The number of anilines is 1. The molecule has 0 saturated carbocycles. The van der Waals surface area contributed by atoms with Crippen LogP contribution in [0.25, 0.3) is 0 Å². The molecule has 0 spiro atoms. The van der Waals surface area contributed by atoms with Gasteiger partial charge in [-0.1, -0.05) is 12.1 Å². The lowest BCUT2D eigenvalue weighted by Crippen LogP contribution is -2.32. The van der Waals surface area contributed by atoms with Gasteiger partial charge in [-0.05, 0) is 42.8 Å². The molecular weight excluding hydrogens is 373 g/mol. The first-order valence-electron chi connectivity index (χ1n) is 8.93. The van der Waals surface area contributed by atoms with E-state index in [1.807, 2.05) is 19.1 Å². The van der Waals surface area contributed by atoms with Gasteiger partial charge >= 0.3 is 6.18 Å². The van der Waals surface area contributed by atoms with Crippen LogP contribution >= 0.6 is 0 Å². The Morgan fingerprint density at radius 3 is 2.61 bits per heavy atom. The van der Waals surface area contributed by atoms with Crippen molar-refractivity contribution < 1.29 is 27.4 Å². The molecule has 2 aromatic rings. The lowest BCUT2D eigenvalue weighted by Gasteiger charge is -2.17. The van der Waals surface area contributed by atoms with Crippen LogP contribution < -0.4 is 20.1 Å². The number of alkyl halides is 3. The molecule has 28 heavy (non-hydrogen) atoms. The molecule has 1 amide bonds. The fraction of sp³-hybridized carbons (Fsp3) is 0.350. The van der Waals surface area contributed by atoms with Crippen molar-refractivity contribution in [2.75, 3.05) is 25.1 Å². The van der Waals surface area contributed by atoms with Crippen LogP contribution in [-0.4, -0.2) is 25.7 Å². The van der Waals surface area contributed by atoms with E-state index in [2.05, 4.69) is 10.6 Å². The van der Waals surface area contributed by atoms with Gasteiger partial charge in [-0.2, -0.15) is 13.2 Å². The summed E-state index contributed by atoms with van der Waals surface area (Å²) in [6.45, 7) is 2.84. The van der Waals surface area contributed by atoms with Gasteiger partial charge < -0.3 is 20.1 Å². The monoisotopic (exact) mass is 394 g/mol. The van der Waals surface area contributed by atoms with Gasteiger partial charge in [-0.25, -0.2) is 0 Å². The predicted molar refractivity (Wildman–Crippen MR) is 98.5 cm³/mol. The Morgan fingerprint density at radius 2 is 1.86 bits per heavy atom. The number of hydrogen-bond donors (Lipinski definition) is 2. The number of halogens is 3. The van der Waals surface area contributed by atoms with Crippen molar-refractivity contribution in [2.24, 2.45) is 0 Å². The first-order valence-corrected chi connectivity index (χ1v) is 8.93. The van der Waals surface area contributed by atoms with Gasteiger partial charge in [0.1, 0.15) is 0 Å². The minimum absolute atomic E-state index is 0.143. The molecule has 5 nitrogen and oxygen atoms in total. The summed E-state index contributed by atoms with van der Waals surface area (Å²) in [6.07, 6.45) is -3.62. The summed E-state index contributed by atoms with van der Waals surface area (Å²) in [4.78, 5) is 12.2. The summed E-state index contributed by atoms with van der Waals surface area (Å²) in [6, 6.07) is 9.91. The van der Waals surface area contributed by atoms with Crippen LogP contribution in [0.3, 0.4) is 0 Å². The maximum absolute atomic E-state index is 12.7. The number of benzene rings is 2. The summed E-state index contributed by atoms with van der Waals surface area (Å²) in [7, 11) is 0. The summed E-state index contributed by atoms with van der Waals surface area (Å²) in [5, 5.41) is 5.53. The Bertz CT molecular complexity index is 840. The zero-order valence-electron chi connectivity index (χ0n) is 15.3. The van der Waals surface area contributed by atoms with E-state index in [0.717, 1.165) is 24.1 Å². The standard InChI is InChI=1S/C20H21F3N2O3/c1-13(14-6-7-17-18(10-14)28-9-3-8-27-17)25-19(26)12-24-16-5-2-4-15(11-16)20(21,22)23/h2,4-7,10-11,13,24H,3,8-9,12H2,1H3,(H,25,26). The quantitative estimate of drug-likeness (QED) is 0.800. The Labute approximate surface area is 160 Å². The molecule has 150 valence electrons. The van der Waals surface area contributed by atoms with E-state index in [4.69, 9.17) is 9.47 Å². The van der Waals surface area contributed by atoms with E-state index in [1.165, 1.54) is 12.1 Å². The lowest BCUT2D eigenvalue weighted by atomic mass is 10.1. The largest absolute Gasteiger partial charge is 0.490 e. The molecule has 3 rings (SSSR count). The summed E-state index contributed by atoms with van der Waals surface area (Å²) < 4.78 is 49.5. The summed E-state index contributed by atoms with van der Waals surface area (Å²) in [5.74, 6) is 0.973. The van der Waals surface area contributed by atoms with E-state index in [9.17, 15) is 18.0 Å². The third-order valence-electron chi connectivity index (χ3n) is 4.29. The zero-order valence-corrected chi connectivity index (χ0v) is 15.3. The Balaban J connectivity index is 1.57. The third-order valence-corrected chi connectivity index (χ3v) is 4.29. The average molecular weight is 394 g/mol. The minimum atomic E-state index is -4.43. The van der Waals surface area contributed by atoms with Crippen LogP contribution in [-0.2, 0) is 11.0 Å². The van der Waals surface area contributed by atoms with Crippen molar-refractivity contribution in [3.8, 4) is 11.5 Å². The second kappa shape index (κ2) is 8.41. The molecule has 0 fully saturated rings. The van der Waals surface area contributed by atoms with Gasteiger partial charge in [-0.3, -0.25) is 4.79 Å². The lowest BCUT2D eigenvalue weighted by molar-refractivity contribution is -0.137. The molecule has 1 heterocycles. The minimum Gasteiger partial charge on any atom is -0.490 e. The van der Waals surface area contributed by atoms with E-state index < -0.39 is 11.7 Å². The number of fused-ring (bicyclic) bond motifs is 1. The highest BCUT2D eigenvalue weighted by Gasteiger charge is 2.30. The van der Waals surface area contributed by atoms with Crippen LogP contribution in [0.2, 0.25) is 0 Å².